The van der Waals surface area contributed by atoms with Crippen LogP contribution in [0.15, 0.2) is 23.9 Å². The minimum absolute atomic E-state index is 0.0747. The molecule has 1 aromatic carbocycles. The van der Waals surface area contributed by atoms with E-state index in [4.69, 9.17) is 19.9 Å². The third-order valence-corrected chi connectivity index (χ3v) is 2.49. The van der Waals surface area contributed by atoms with Crippen molar-refractivity contribution in [1.29, 1.82) is 0 Å². The van der Waals surface area contributed by atoms with E-state index < -0.39 is 0 Å². The first-order chi connectivity index (χ1) is 9.01. The smallest absolute Gasteiger partial charge is 0.203 e. The van der Waals surface area contributed by atoms with E-state index in [0.717, 1.165) is 5.56 Å². The summed E-state index contributed by atoms with van der Waals surface area (Å²) >= 11 is 0. The summed E-state index contributed by atoms with van der Waals surface area (Å²) in [6.07, 6.45) is 1.63. The molecular weight excluding hydrogens is 246 g/mol. The molecule has 0 heterocycles. The number of methoxy groups -OCH3 is 3. The quantitative estimate of drug-likeness (QED) is 0.792. The molecule has 0 aliphatic heterocycles. The van der Waals surface area contributed by atoms with Crippen molar-refractivity contribution in [2.75, 3.05) is 21.3 Å². The zero-order valence-electron chi connectivity index (χ0n) is 11.6. The van der Waals surface area contributed by atoms with Crippen molar-refractivity contribution in [2.45, 2.75) is 13.3 Å². The van der Waals surface area contributed by atoms with Crippen LogP contribution in [0.2, 0.25) is 0 Å². The van der Waals surface area contributed by atoms with Gasteiger partial charge in [0, 0.05) is 12.1 Å². The number of benzene rings is 1. The van der Waals surface area contributed by atoms with Crippen molar-refractivity contribution >= 4 is 5.78 Å². The molecule has 1 rings (SSSR count). The first-order valence-electron chi connectivity index (χ1n) is 5.77. The van der Waals surface area contributed by atoms with E-state index in [0.29, 0.717) is 22.9 Å². The van der Waals surface area contributed by atoms with E-state index in [1.54, 1.807) is 19.1 Å². The monoisotopic (exact) mass is 265 g/mol. The van der Waals surface area contributed by atoms with Gasteiger partial charge in [-0.05, 0) is 30.7 Å². The normalized spacial score (nSPS) is 11.1. The molecule has 0 bridgehead atoms. The molecule has 0 radical (unpaired) electrons. The second kappa shape index (κ2) is 6.68. The maximum absolute atomic E-state index is 11.7. The Bertz CT molecular complexity index is 465. The lowest BCUT2D eigenvalue weighted by Crippen LogP contribution is -2.04. The van der Waals surface area contributed by atoms with Crippen LogP contribution in [-0.2, 0) is 11.2 Å². The van der Waals surface area contributed by atoms with E-state index in [1.165, 1.54) is 27.4 Å². The second-order valence-electron chi connectivity index (χ2n) is 4.07. The highest BCUT2D eigenvalue weighted by molar-refractivity contribution is 5.92. The van der Waals surface area contributed by atoms with Gasteiger partial charge in [-0.2, -0.15) is 0 Å². The number of ether oxygens (including phenoxy) is 3. The maximum atomic E-state index is 11.7. The first-order valence-corrected chi connectivity index (χ1v) is 5.77. The van der Waals surface area contributed by atoms with Gasteiger partial charge in [0.2, 0.25) is 5.75 Å². The summed E-state index contributed by atoms with van der Waals surface area (Å²) in [7, 11) is 4.60. The molecule has 2 N–H and O–H groups in total. The van der Waals surface area contributed by atoms with Gasteiger partial charge in [-0.3, -0.25) is 4.79 Å². The molecule has 0 saturated heterocycles. The Morgan fingerprint density at radius 2 is 1.68 bits per heavy atom. The number of carbonyl (C=O) groups excluding carboxylic acids is 1. The van der Waals surface area contributed by atoms with Gasteiger partial charge >= 0.3 is 0 Å². The van der Waals surface area contributed by atoms with Crippen LogP contribution in [-0.4, -0.2) is 27.1 Å². The van der Waals surface area contributed by atoms with Crippen molar-refractivity contribution < 1.29 is 19.0 Å². The van der Waals surface area contributed by atoms with Crippen molar-refractivity contribution in [3.63, 3.8) is 0 Å². The molecule has 0 aliphatic carbocycles. The van der Waals surface area contributed by atoms with Crippen LogP contribution in [0.1, 0.15) is 12.5 Å². The Morgan fingerprint density at radius 3 is 2.05 bits per heavy atom. The van der Waals surface area contributed by atoms with Gasteiger partial charge in [0.05, 0.1) is 21.3 Å². The molecular formula is C14H19NO4. The average Bonchev–Trinajstić information content (AvgIpc) is 2.36. The van der Waals surface area contributed by atoms with Gasteiger partial charge in [-0.1, -0.05) is 0 Å². The van der Waals surface area contributed by atoms with Gasteiger partial charge in [0.15, 0.2) is 17.3 Å². The topological polar surface area (TPSA) is 70.8 Å². The number of hydrogen-bond acceptors (Lipinski definition) is 5. The lowest BCUT2D eigenvalue weighted by atomic mass is 10.1. The molecule has 19 heavy (non-hydrogen) atoms. The number of carbonyl (C=O) groups is 1. The first kappa shape index (κ1) is 14.9. The predicted octanol–water partition coefficient (Wildman–Crippen LogP) is 1.69. The van der Waals surface area contributed by atoms with Crippen LogP contribution >= 0.6 is 0 Å². The Labute approximate surface area is 113 Å². The van der Waals surface area contributed by atoms with Crippen LogP contribution < -0.4 is 19.9 Å². The Morgan fingerprint density at radius 1 is 1.16 bits per heavy atom. The van der Waals surface area contributed by atoms with E-state index >= 15 is 0 Å². The lowest BCUT2D eigenvalue weighted by molar-refractivity contribution is -0.114. The molecule has 0 atom stereocenters. The molecule has 0 fully saturated rings. The van der Waals surface area contributed by atoms with Gasteiger partial charge < -0.3 is 19.9 Å². The number of hydrogen-bond donors (Lipinski definition) is 1. The third-order valence-electron chi connectivity index (χ3n) is 2.49. The number of allylic oxidation sites excluding steroid dienone is 2. The molecule has 0 saturated carbocycles. The van der Waals surface area contributed by atoms with Crippen molar-refractivity contribution in [2.24, 2.45) is 5.73 Å². The maximum Gasteiger partial charge on any atom is 0.203 e. The van der Waals surface area contributed by atoms with E-state index in [9.17, 15) is 4.79 Å². The van der Waals surface area contributed by atoms with Crippen molar-refractivity contribution in [3.05, 3.63) is 29.5 Å². The van der Waals surface area contributed by atoms with Crippen LogP contribution in [0.25, 0.3) is 0 Å². The zero-order chi connectivity index (χ0) is 14.4. The minimum Gasteiger partial charge on any atom is -0.493 e. The van der Waals surface area contributed by atoms with Gasteiger partial charge in [0.1, 0.15) is 0 Å². The van der Waals surface area contributed by atoms with E-state index in [-0.39, 0.29) is 12.2 Å². The largest absolute Gasteiger partial charge is 0.493 e. The molecule has 5 heteroatoms. The van der Waals surface area contributed by atoms with Crippen LogP contribution in [0.4, 0.5) is 0 Å². The summed E-state index contributed by atoms with van der Waals surface area (Å²) in [5.74, 6) is 1.48. The highest BCUT2D eigenvalue weighted by atomic mass is 16.5. The summed E-state index contributed by atoms with van der Waals surface area (Å²) in [5.41, 5.74) is 6.73. The highest BCUT2D eigenvalue weighted by Crippen LogP contribution is 2.38. The summed E-state index contributed by atoms with van der Waals surface area (Å²) in [5, 5.41) is 0. The molecule has 0 spiro atoms. The average molecular weight is 265 g/mol. The van der Waals surface area contributed by atoms with Crippen molar-refractivity contribution in [3.8, 4) is 17.2 Å². The lowest BCUT2D eigenvalue weighted by Gasteiger charge is -2.13. The molecule has 1 aromatic rings. The fraction of sp³-hybridized carbons (Fsp3) is 0.357. The van der Waals surface area contributed by atoms with Gasteiger partial charge in [0.25, 0.3) is 0 Å². The Balaban J connectivity index is 3.09. The predicted molar refractivity (Wildman–Crippen MR) is 72.8 cm³/mol. The summed E-state index contributed by atoms with van der Waals surface area (Å²) in [4.78, 5) is 11.7. The third kappa shape index (κ3) is 3.91. The number of rotatable bonds is 6. The molecule has 0 amide bonds. The summed E-state index contributed by atoms with van der Waals surface area (Å²) in [6, 6.07) is 3.50. The van der Waals surface area contributed by atoms with Crippen LogP contribution in [0, 0.1) is 0 Å². The molecule has 0 unspecified atom stereocenters. The van der Waals surface area contributed by atoms with Crippen LogP contribution in [0.5, 0.6) is 17.2 Å². The van der Waals surface area contributed by atoms with Crippen molar-refractivity contribution in [1.82, 2.24) is 0 Å². The van der Waals surface area contributed by atoms with E-state index in [2.05, 4.69) is 0 Å². The zero-order valence-corrected chi connectivity index (χ0v) is 11.6. The SMILES string of the molecule is COc1cc(CC(=O)/C=C(/C)N)cc(OC)c1OC. The van der Waals surface area contributed by atoms with Gasteiger partial charge in [-0.25, -0.2) is 0 Å². The van der Waals surface area contributed by atoms with Gasteiger partial charge in [-0.15, -0.1) is 0 Å². The van der Waals surface area contributed by atoms with E-state index in [1.807, 2.05) is 0 Å². The molecule has 0 aliphatic rings. The second-order valence-corrected chi connectivity index (χ2v) is 4.07. The highest BCUT2D eigenvalue weighted by Gasteiger charge is 2.14. The fourth-order valence-corrected chi connectivity index (χ4v) is 1.74. The minimum atomic E-state index is -0.0747. The molecule has 104 valence electrons. The summed E-state index contributed by atoms with van der Waals surface area (Å²) in [6.45, 7) is 1.67. The Hall–Kier alpha value is -2.17. The summed E-state index contributed by atoms with van der Waals surface area (Å²) < 4.78 is 15.7. The van der Waals surface area contributed by atoms with Crippen LogP contribution in [0.3, 0.4) is 0 Å². The Kier molecular flexibility index (Phi) is 5.23. The number of ketones is 1. The standard InChI is InChI=1S/C14H19NO4/c1-9(15)5-11(16)6-10-7-12(17-2)14(19-4)13(8-10)18-3/h5,7-8H,6,15H2,1-4H3/b9-5-. The molecule has 5 nitrogen and oxygen atoms in total. The fourth-order valence-electron chi connectivity index (χ4n) is 1.74. The molecule has 0 aromatic heterocycles. The number of nitrogens with two attached hydrogens (primary N) is 1.